The summed E-state index contributed by atoms with van der Waals surface area (Å²) in [6.07, 6.45) is 12.7. The minimum atomic E-state index is 0.0268. The fourth-order valence-electron chi connectivity index (χ4n) is 6.75. The first-order valence-electron chi connectivity index (χ1n) is 10.8. The van der Waals surface area contributed by atoms with Gasteiger partial charge in [-0.15, -0.1) is 10.2 Å². The number of nitrogens with one attached hydrogen (secondary N) is 1. The lowest BCUT2D eigenvalue weighted by molar-refractivity contribution is -0.0856. The lowest BCUT2D eigenvalue weighted by Crippen LogP contribution is -2.65. The zero-order chi connectivity index (χ0) is 20.2. The van der Waals surface area contributed by atoms with E-state index in [9.17, 15) is 0 Å². The zero-order valence-electron chi connectivity index (χ0n) is 17.2. The third-order valence-electron chi connectivity index (χ3n) is 7.49. The van der Waals surface area contributed by atoms with Crippen LogP contribution in [0.4, 0.5) is 0 Å². The van der Waals surface area contributed by atoms with Gasteiger partial charge in [-0.3, -0.25) is 0 Å². The number of hydrogen-bond acceptors (Lipinski definition) is 6. The van der Waals surface area contributed by atoms with E-state index < -0.39 is 0 Å². The molecule has 8 nitrogen and oxygen atoms in total. The van der Waals surface area contributed by atoms with E-state index >= 15 is 0 Å². The Morgan fingerprint density at radius 1 is 1.13 bits per heavy atom. The SMILES string of the molecule is COc1ccc(-n2ccnc2CNC23CC4CC(C2)CC(n2ncnn2)(C4)C3)cc1. The van der Waals surface area contributed by atoms with Crippen LogP contribution in [0.15, 0.2) is 43.0 Å². The van der Waals surface area contributed by atoms with Crippen molar-refractivity contribution in [2.45, 2.75) is 56.1 Å². The van der Waals surface area contributed by atoms with Crippen molar-refractivity contribution in [2.75, 3.05) is 7.11 Å². The Morgan fingerprint density at radius 2 is 1.93 bits per heavy atom. The Labute approximate surface area is 175 Å². The third-order valence-corrected chi connectivity index (χ3v) is 7.49. The van der Waals surface area contributed by atoms with E-state index in [0.29, 0.717) is 0 Å². The van der Waals surface area contributed by atoms with Crippen molar-refractivity contribution in [2.24, 2.45) is 11.8 Å². The normalized spacial score (nSPS) is 31.9. The standard InChI is InChI=1S/C22H27N7O/c1-30-19-4-2-18(3-5-19)28-7-6-23-20(28)13-24-21-9-16-8-17(10-21)12-22(11-16,14-21)29-26-15-25-27-29/h2-7,15-17,24H,8-14H2,1H3. The van der Waals surface area contributed by atoms with Gasteiger partial charge in [-0.1, -0.05) is 0 Å². The molecule has 3 aromatic rings. The first kappa shape index (κ1) is 18.1. The molecule has 2 atom stereocenters. The second-order valence-electron chi connectivity index (χ2n) is 9.46. The summed E-state index contributed by atoms with van der Waals surface area (Å²) in [5, 5.41) is 16.7. The molecule has 30 heavy (non-hydrogen) atoms. The molecule has 2 aromatic heterocycles. The van der Waals surface area contributed by atoms with Gasteiger partial charge in [-0.2, -0.15) is 4.80 Å². The highest BCUT2D eigenvalue weighted by Gasteiger charge is 2.59. The predicted octanol–water partition coefficient (Wildman–Crippen LogP) is 2.71. The van der Waals surface area contributed by atoms with Crippen molar-refractivity contribution >= 4 is 0 Å². The monoisotopic (exact) mass is 405 g/mol. The molecule has 4 bridgehead atoms. The minimum Gasteiger partial charge on any atom is -0.497 e. The van der Waals surface area contributed by atoms with E-state index in [4.69, 9.17) is 4.74 Å². The number of ether oxygens (including phenoxy) is 1. The molecule has 4 fully saturated rings. The molecule has 0 saturated heterocycles. The first-order chi connectivity index (χ1) is 14.7. The summed E-state index contributed by atoms with van der Waals surface area (Å²) < 4.78 is 7.44. The van der Waals surface area contributed by atoms with Crippen LogP contribution in [0.2, 0.25) is 0 Å². The number of nitrogens with zero attached hydrogens (tertiary/aromatic N) is 6. The molecule has 1 aromatic carbocycles. The Hall–Kier alpha value is -2.74. The van der Waals surface area contributed by atoms with Gasteiger partial charge < -0.3 is 14.6 Å². The summed E-state index contributed by atoms with van der Waals surface area (Å²) in [7, 11) is 1.69. The number of benzene rings is 1. The van der Waals surface area contributed by atoms with Crippen LogP contribution in [0.25, 0.3) is 5.69 Å². The van der Waals surface area contributed by atoms with Crippen LogP contribution in [0.1, 0.15) is 44.3 Å². The Bertz CT molecular complexity index is 1010. The Balaban J connectivity index is 1.24. The molecule has 4 saturated carbocycles. The third kappa shape index (κ3) is 2.85. The molecule has 8 heteroatoms. The van der Waals surface area contributed by atoms with E-state index in [2.05, 4.69) is 42.4 Å². The number of rotatable bonds is 6. The van der Waals surface area contributed by atoms with Gasteiger partial charge in [0, 0.05) is 23.6 Å². The van der Waals surface area contributed by atoms with Gasteiger partial charge in [0.15, 0.2) is 6.33 Å². The van der Waals surface area contributed by atoms with Crippen LogP contribution in [0, 0.1) is 11.8 Å². The summed E-state index contributed by atoms with van der Waals surface area (Å²) in [4.78, 5) is 6.56. The Kier molecular flexibility index (Phi) is 3.99. The lowest BCUT2D eigenvalue weighted by Gasteiger charge is -2.61. The summed E-state index contributed by atoms with van der Waals surface area (Å²) in [5.74, 6) is 3.38. The summed E-state index contributed by atoms with van der Waals surface area (Å²) in [6.45, 7) is 0.749. The van der Waals surface area contributed by atoms with Crippen LogP contribution in [0.3, 0.4) is 0 Å². The largest absolute Gasteiger partial charge is 0.497 e. The number of aromatic nitrogens is 6. The quantitative estimate of drug-likeness (QED) is 0.679. The van der Waals surface area contributed by atoms with E-state index in [1.165, 1.54) is 32.1 Å². The van der Waals surface area contributed by atoms with Crippen LogP contribution in [-0.2, 0) is 12.1 Å². The topological polar surface area (TPSA) is 82.7 Å². The van der Waals surface area contributed by atoms with Gasteiger partial charge in [0.25, 0.3) is 0 Å². The highest BCUT2D eigenvalue weighted by atomic mass is 16.5. The molecule has 1 N–H and O–H groups in total. The molecule has 0 radical (unpaired) electrons. The summed E-state index contributed by atoms with van der Waals surface area (Å²) in [5.41, 5.74) is 1.26. The van der Waals surface area contributed by atoms with Gasteiger partial charge in [0.1, 0.15) is 11.6 Å². The maximum atomic E-state index is 5.29. The average Bonchev–Trinajstić information content (AvgIpc) is 3.44. The maximum Gasteiger partial charge on any atom is 0.162 e. The van der Waals surface area contributed by atoms with Gasteiger partial charge >= 0.3 is 0 Å². The fourth-order valence-corrected chi connectivity index (χ4v) is 6.75. The van der Waals surface area contributed by atoms with Crippen molar-refractivity contribution in [3.63, 3.8) is 0 Å². The smallest absolute Gasteiger partial charge is 0.162 e. The molecule has 7 rings (SSSR count). The molecule has 0 spiro atoms. The van der Waals surface area contributed by atoms with Crippen LogP contribution >= 0.6 is 0 Å². The second-order valence-corrected chi connectivity index (χ2v) is 9.46. The predicted molar refractivity (Wildman–Crippen MR) is 110 cm³/mol. The molecule has 4 aliphatic rings. The molecular formula is C22H27N7O. The fraction of sp³-hybridized carbons (Fsp3) is 0.545. The highest BCUT2D eigenvalue weighted by molar-refractivity contribution is 5.38. The molecule has 2 unspecified atom stereocenters. The van der Waals surface area contributed by atoms with Crippen molar-refractivity contribution in [3.05, 3.63) is 48.8 Å². The molecule has 0 aliphatic heterocycles. The molecule has 156 valence electrons. The van der Waals surface area contributed by atoms with Gasteiger partial charge in [0.2, 0.25) is 0 Å². The molecular weight excluding hydrogens is 378 g/mol. The van der Waals surface area contributed by atoms with E-state index in [0.717, 1.165) is 42.1 Å². The Morgan fingerprint density at radius 3 is 2.63 bits per heavy atom. The maximum absolute atomic E-state index is 5.29. The number of imidazole rings is 1. The van der Waals surface area contributed by atoms with Crippen molar-refractivity contribution in [1.82, 2.24) is 35.1 Å². The average molecular weight is 406 g/mol. The lowest BCUT2D eigenvalue weighted by atomic mass is 9.50. The van der Waals surface area contributed by atoms with Gasteiger partial charge in [-0.25, -0.2) is 4.98 Å². The van der Waals surface area contributed by atoms with Crippen LogP contribution < -0.4 is 10.1 Å². The van der Waals surface area contributed by atoms with E-state index in [1.807, 2.05) is 29.3 Å². The van der Waals surface area contributed by atoms with Crippen molar-refractivity contribution < 1.29 is 4.74 Å². The van der Waals surface area contributed by atoms with Crippen LogP contribution in [-0.4, -0.2) is 42.4 Å². The minimum absolute atomic E-state index is 0.0268. The van der Waals surface area contributed by atoms with Crippen LogP contribution in [0.5, 0.6) is 5.75 Å². The first-order valence-corrected chi connectivity index (χ1v) is 10.8. The molecule has 0 amide bonds. The number of methoxy groups -OCH3 is 1. The summed E-state index contributed by atoms with van der Waals surface area (Å²) >= 11 is 0. The van der Waals surface area contributed by atoms with Gasteiger partial charge in [-0.05, 0) is 79.8 Å². The van der Waals surface area contributed by atoms with E-state index in [1.54, 1.807) is 13.4 Å². The zero-order valence-corrected chi connectivity index (χ0v) is 17.2. The summed E-state index contributed by atoms with van der Waals surface area (Å²) in [6, 6.07) is 8.11. The molecule has 2 heterocycles. The molecule has 4 aliphatic carbocycles. The second kappa shape index (κ2) is 6.63. The van der Waals surface area contributed by atoms with Crippen molar-refractivity contribution in [3.8, 4) is 11.4 Å². The van der Waals surface area contributed by atoms with Gasteiger partial charge in [0.05, 0.1) is 19.2 Å². The highest BCUT2D eigenvalue weighted by Crippen LogP contribution is 2.60. The number of hydrogen-bond donors (Lipinski definition) is 1. The van der Waals surface area contributed by atoms with E-state index in [-0.39, 0.29) is 11.1 Å². The van der Waals surface area contributed by atoms with Crippen molar-refractivity contribution in [1.29, 1.82) is 0 Å². The number of tetrazole rings is 1.